The minimum absolute atomic E-state index is 0.0173. The molecular weight excluding hydrogens is 334 g/mol. The van der Waals surface area contributed by atoms with E-state index in [0.717, 1.165) is 16.8 Å². The molecule has 0 saturated carbocycles. The average molecular weight is 360 g/mol. The van der Waals surface area contributed by atoms with Gasteiger partial charge in [0.2, 0.25) is 5.91 Å². The molecule has 0 radical (unpaired) electrons. The van der Waals surface area contributed by atoms with Crippen molar-refractivity contribution in [2.75, 3.05) is 0 Å². The Morgan fingerprint density at radius 3 is 2.36 bits per heavy atom. The maximum atomic E-state index is 12.5. The Labute approximate surface area is 155 Å². The Hall–Kier alpha value is -2.07. The number of benzene rings is 1. The molecular formula is C20H26ClN3O. The Morgan fingerprint density at radius 2 is 1.80 bits per heavy atom. The number of nitrogens with zero attached hydrogens (tertiary/aromatic N) is 3. The van der Waals surface area contributed by atoms with Crippen molar-refractivity contribution < 1.29 is 4.79 Å². The van der Waals surface area contributed by atoms with Crippen LogP contribution in [0.2, 0.25) is 5.15 Å². The van der Waals surface area contributed by atoms with E-state index in [9.17, 15) is 4.79 Å². The first kappa shape index (κ1) is 19.3. The number of hydrogen-bond acceptors (Lipinski definition) is 2. The van der Waals surface area contributed by atoms with E-state index < -0.39 is 0 Å². The molecule has 1 heterocycles. The Kier molecular flexibility index (Phi) is 6.43. The highest BCUT2D eigenvalue weighted by molar-refractivity contribution is 6.31. The van der Waals surface area contributed by atoms with Crippen LogP contribution in [0.5, 0.6) is 0 Å². The van der Waals surface area contributed by atoms with Gasteiger partial charge in [0.1, 0.15) is 5.15 Å². The van der Waals surface area contributed by atoms with E-state index in [-0.39, 0.29) is 18.0 Å². The summed E-state index contributed by atoms with van der Waals surface area (Å²) in [5.74, 6) is -0.0173. The summed E-state index contributed by atoms with van der Waals surface area (Å²) in [6.07, 6.45) is 3.36. The molecule has 0 atom stereocenters. The molecule has 1 amide bonds. The Bertz CT molecular complexity index is 740. The molecule has 0 N–H and O–H groups in total. The SMILES string of the molecule is Cc1nn(Cc2ccccc2)c(Cl)c1/C=C/C(=O)N(C(C)C)C(C)C. The smallest absolute Gasteiger partial charge is 0.247 e. The van der Waals surface area contributed by atoms with Crippen LogP contribution in [0.4, 0.5) is 0 Å². The van der Waals surface area contributed by atoms with E-state index in [2.05, 4.69) is 5.10 Å². The third-order valence-corrected chi connectivity index (χ3v) is 4.44. The first-order valence-corrected chi connectivity index (χ1v) is 8.96. The molecule has 0 bridgehead atoms. The van der Waals surface area contributed by atoms with Crippen LogP contribution in [0.3, 0.4) is 0 Å². The topological polar surface area (TPSA) is 38.1 Å². The van der Waals surface area contributed by atoms with E-state index in [1.165, 1.54) is 0 Å². The van der Waals surface area contributed by atoms with Crippen LogP contribution in [0.15, 0.2) is 36.4 Å². The lowest BCUT2D eigenvalue weighted by Crippen LogP contribution is -2.41. The number of carbonyl (C=O) groups is 1. The number of halogens is 1. The second-order valence-electron chi connectivity index (χ2n) is 6.70. The zero-order chi connectivity index (χ0) is 18.6. The van der Waals surface area contributed by atoms with Crippen LogP contribution >= 0.6 is 11.6 Å². The summed E-state index contributed by atoms with van der Waals surface area (Å²) in [4.78, 5) is 14.3. The highest BCUT2D eigenvalue weighted by Gasteiger charge is 2.18. The van der Waals surface area contributed by atoms with Gasteiger partial charge >= 0.3 is 0 Å². The van der Waals surface area contributed by atoms with Crippen LogP contribution in [0.1, 0.15) is 44.5 Å². The number of aryl methyl sites for hydroxylation is 1. The number of carbonyl (C=O) groups excluding carboxylic acids is 1. The zero-order valence-corrected chi connectivity index (χ0v) is 16.3. The molecule has 134 valence electrons. The molecule has 0 unspecified atom stereocenters. The first-order chi connectivity index (χ1) is 11.8. The third kappa shape index (κ3) is 4.73. The van der Waals surface area contributed by atoms with Crippen LogP contribution in [-0.4, -0.2) is 32.7 Å². The lowest BCUT2D eigenvalue weighted by molar-refractivity contribution is -0.129. The molecule has 5 heteroatoms. The van der Waals surface area contributed by atoms with Gasteiger partial charge in [0.25, 0.3) is 0 Å². The largest absolute Gasteiger partial charge is 0.334 e. The molecule has 1 aromatic carbocycles. The molecule has 0 aliphatic carbocycles. The van der Waals surface area contributed by atoms with Gasteiger partial charge in [-0.1, -0.05) is 41.9 Å². The summed E-state index contributed by atoms with van der Waals surface area (Å²) in [6.45, 7) is 10.6. The number of amides is 1. The van der Waals surface area contributed by atoms with E-state index in [1.54, 1.807) is 16.8 Å². The number of rotatable bonds is 6. The maximum Gasteiger partial charge on any atom is 0.247 e. The second kappa shape index (κ2) is 8.34. The van der Waals surface area contributed by atoms with Gasteiger partial charge in [-0.2, -0.15) is 5.10 Å². The van der Waals surface area contributed by atoms with Gasteiger partial charge in [0.15, 0.2) is 0 Å². The van der Waals surface area contributed by atoms with Crippen molar-refractivity contribution in [1.29, 1.82) is 0 Å². The van der Waals surface area contributed by atoms with Crippen molar-refractivity contribution in [3.63, 3.8) is 0 Å². The summed E-state index contributed by atoms with van der Waals surface area (Å²) in [5, 5.41) is 5.05. The fourth-order valence-corrected chi connectivity index (χ4v) is 3.26. The summed E-state index contributed by atoms with van der Waals surface area (Å²) in [7, 11) is 0. The molecule has 0 aliphatic rings. The number of aromatic nitrogens is 2. The van der Waals surface area contributed by atoms with Gasteiger partial charge in [-0.25, -0.2) is 4.68 Å². The van der Waals surface area contributed by atoms with Gasteiger partial charge in [-0.3, -0.25) is 4.79 Å². The standard InChI is InChI=1S/C20H26ClN3O/c1-14(2)24(15(3)4)19(25)12-11-18-16(5)22-23(20(18)21)13-17-9-7-6-8-10-17/h6-12,14-15H,13H2,1-5H3/b12-11+. The van der Waals surface area contributed by atoms with Crippen molar-refractivity contribution in [3.05, 3.63) is 58.4 Å². The van der Waals surface area contributed by atoms with Crippen LogP contribution in [0, 0.1) is 6.92 Å². The maximum absolute atomic E-state index is 12.5. The summed E-state index contributed by atoms with van der Waals surface area (Å²) < 4.78 is 1.76. The lowest BCUT2D eigenvalue weighted by atomic mass is 10.2. The first-order valence-electron chi connectivity index (χ1n) is 8.58. The summed E-state index contributed by atoms with van der Waals surface area (Å²) >= 11 is 6.49. The highest BCUT2D eigenvalue weighted by atomic mass is 35.5. The molecule has 0 spiro atoms. The fraction of sp³-hybridized carbons (Fsp3) is 0.400. The fourth-order valence-electron chi connectivity index (χ4n) is 2.96. The van der Waals surface area contributed by atoms with Crippen molar-refractivity contribution in [2.45, 2.75) is 53.2 Å². The highest BCUT2D eigenvalue weighted by Crippen LogP contribution is 2.22. The molecule has 1 aromatic heterocycles. The van der Waals surface area contributed by atoms with Gasteiger partial charge in [-0.05, 0) is 46.3 Å². The van der Waals surface area contributed by atoms with Gasteiger partial charge in [0.05, 0.1) is 12.2 Å². The quantitative estimate of drug-likeness (QED) is 0.709. The third-order valence-electron chi connectivity index (χ3n) is 4.04. The summed E-state index contributed by atoms with van der Waals surface area (Å²) in [6, 6.07) is 10.3. The Balaban J connectivity index is 2.21. The molecule has 4 nitrogen and oxygen atoms in total. The van der Waals surface area contributed by atoms with Crippen molar-refractivity contribution in [3.8, 4) is 0 Å². The van der Waals surface area contributed by atoms with Crippen molar-refractivity contribution in [1.82, 2.24) is 14.7 Å². The van der Waals surface area contributed by atoms with Gasteiger partial charge < -0.3 is 4.90 Å². The van der Waals surface area contributed by atoms with Crippen molar-refractivity contribution >= 4 is 23.6 Å². The molecule has 2 aromatic rings. The number of hydrogen-bond donors (Lipinski definition) is 0. The average Bonchev–Trinajstić information content (AvgIpc) is 2.79. The molecule has 25 heavy (non-hydrogen) atoms. The predicted octanol–water partition coefficient (Wildman–Crippen LogP) is 4.55. The molecule has 0 saturated heterocycles. The molecule has 0 aliphatic heterocycles. The van der Waals surface area contributed by atoms with Crippen LogP contribution in [0.25, 0.3) is 6.08 Å². The molecule has 0 fully saturated rings. The van der Waals surface area contributed by atoms with Crippen LogP contribution < -0.4 is 0 Å². The van der Waals surface area contributed by atoms with E-state index in [0.29, 0.717) is 11.7 Å². The summed E-state index contributed by atoms with van der Waals surface area (Å²) in [5.41, 5.74) is 2.73. The lowest BCUT2D eigenvalue weighted by Gasteiger charge is -2.29. The van der Waals surface area contributed by atoms with E-state index in [1.807, 2.05) is 69.9 Å². The minimum Gasteiger partial charge on any atom is -0.334 e. The van der Waals surface area contributed by atoms with Crippen LogP contribution in [-0.2, 0) is 11.3 Å². The van der Waals surface area contributed by atoms with E-state index >= 15 is 0 Å². The normalized spacial score (nSPS) is 11.7. The minimum atomic E-state index is -0.0173. The molecule has 2 rings (SSSR count). The van der Waals surface area contributed by atoms with Gasteiger partial charge in [-0.15, -0.1) is 0 Å². The Morgan fingerprint density at radius 1 is 1.20 bits per heavy atom. The zero-order valence-electron chi connectivity index (χ0n) is 15.5. The predicted molar refractivity (Wildman–Crippen MR) is 104 cm³/mol. The van der Waals surface area contributed by atoms with E-state index in [4.69, 9.17) is 11.6 Å². The monoisotopic (exact) mass is 359 g/mol. The van der Waals surface area contributed by atoms with Gasteiger partial charge in [0, 0.05) is 23.7 Å². The van der Waals surface area contributed by atoms with Crippen molar-refractivity contribution in [2.24, 2.45) is 0 Å². The second-order valence-corrected chi connectivity index (χ2v) is 7.06.